The van der Waals surface area contributed by atoms with Gasteiger partial charge in [-0.15, -0.1) is 11.3 Å². The van der Waals surface area contributed by atoms with E-state index < -0.39 is 0 Å². The highest BCUT2D eigenvalue weighted by molar-refractivity contribution is 7.26. The monoisotopic (exact) mass is 755 g/mol. The van der Waals surface area contributed by atoms with E-state index in [-0.39, 0.29) is 0 Å². The summed E-state index contributed by atoms with van der Waals surface area (Å²) in [5.74, 6) is 0. The molecule has 1 aromatic heterocycles. The molecule has 0 spiro atoms. The SMILES string of the molecule is c1ccc(-c2ccc(N(c3ccc4c(c3)c(-c3ccccc3)c(-c3ccccc3)c3ccccc34)c3cccc4c3sc3ccccc34)cc2-c2ccccc2)cc1. The van der Waals surface area contributed by atoms with Crippen LogP contribution in [-0.2, 0) is 0 Å². The van der Waals surface area contributed by atoms with E-state index in [9.17, 15) is 0 Å². The van der Waals surface area contributed by atoms with E-state index in [1.54, 1.807) is 0 Å². The van der Waals surface area contributed by atoms with Crippen LogP contribution < -0.4 is 4.90 Å². The van der Waals surface area contributed by atoms with Crippen LogP contribution in [0.3, 0.4) is 0 Å². The van der Waals surface area contributed by atoms with Gasteiger partial charge < -0.3 is 4.90 Å². The molecular weight excluding hydrogens is 719 g/mol. The van der Waals surface area contributed by atoms with Gasteiger partial charge in [-0.25, -0.2) is 0 Å². The van der Waals surface area contributed by atoms with Crippen LogP contribution in [0, 0.1) is 0 Å². The summed E-state index contributed by atoms with van der Waals surface area (Å²) in [5.41, 5.74) is 13.1. The molecule has 0 saturated carbocycles. The molecule has 0 unspecified atom stereocenters. The Labute approximate surface area is 342 Å². The van der Waals surface area contributed by atoms with Crippen LogP contribution >= 0.6 is 11.3 Å². The molecule has 0 atom stereocenters. The van der Waals surface area contributed by atoms with Gasteiger partial charge in [0.15, 0.2) is 0 Å². The molecular formula is C56H37NS. The van der Waals surface area contributed by atoms with Crippen molar-refractivity contribution in [3.05, 3.63) is 224 Å². The number of nitrogens with zero attached hydrogens (tertiary/aromatic N) is 1. The third-order valence-corrected chi connectivity index (χ3v) is 12.7. The normalized spacial score (nSPS) is 11.4. The van der Waals surface area contributed by atoms with Crippen molar-refractivity contribution in [1.82, 2.24) is 0 Å². The molecule has 11 aromatic rings. The topological polar surface area (TPSA) is 3.24 Å². The maximum atomic E-state index is 2.49. The van der Waals surface area contributed by atoms with E-state index >= 15 is 0 Å². The van der Waals surface area contributed by atoms with Crippen molar-refractivity contribution in [2.75, 3.05) is 4.90 Å². The second-order valence-electron chi connectivity index (χ2n) is 14.8. The van der Waals surface area contributed by atoms with Crippen molar-refractivity contribution >= 4 is 70.1 Å². The van der Waals surface area contributed by atoms with Crippen LogP contribution in [-0.4, -0.2) is 0 Å². The van der Waals surface area contributed by atoms with E-state index in [0.29, 0.717) is 0 Å². The second kappa shape index (κ2) is 14.4. The zero-order chi connectivity index (χ0) is 38.4. The van der Waals surface area contributed by atoms with Gasteiger partial charge in [-0.2, -0.15) is 0 Å². The summed E-state index contributed by atoms with van der Waals surface area (Å²) < 4.78 is 2.56. The minimum absolute atomic E-state index is 1.10. The van der Waals surface area contributed by atoms with Crippen molar-refractivity contribution in [3.8, 4) is 44.5 Å². The molecule has 1 nitrogen and oxygen atoms in total. The van der Waals surface area contributed by atoms with Crippen LogP contribution in [0.25, 0.3) is 86.2 Å². The maximum Gasteiger partial charge on any atom is 0.0640 e. The number of anilines is 3. The van der Waals surface area contributed by atoms with Gasteiger partial charge in [-0.3, -0.25) is 0 Å². The molecule has 0 saturated heterocycles. The van der Waals surface area contributed by atoms with Crippen LogP contribution in [0.5, 0.6) is 0 Å². The first-order valence-corrected chi connectivity index (χ1v) is 20.7. The van der Waals surface area contributed by atoms with Crippen molar-refractivity contribution in [2.45, 2.75) is 0 Å². The predicted molar refractivity (Wildman–Crippen MR) is 251 cm³/mol. The predicted octanol–water partition coefficient (Wildman–Crippen LogP) is 16.5. The molecule has 2 heteroatoms. The average molecular weight is 756 g/mol. The number of thiophene rings is 1. The van der Waals surface area contributed by atoms with Gasteiger partial charge in [0.1, 0.15) is 0 Å². The molecule has 58 heavy (non-hydrogen) atoms. The number of fused-ring (bicyclic) bond motifs is 6. The summed E-state index contributed by atoms with van der Waals surface area (Å²) in [6.45, 7) is 0. The van der Waals surface area contributed by atoms with E-state index in [0.717, 1.165) is 17.1 Å². The van der Waals surface area contributed by atoms with Gasteiger partial charge >= 0.3 is 0 Å². The zero-order valence-electron chi connectivity index (χ0n) is 31.7. The van der Waals surface area contributed by atoms with Crippen molar-refractivity contribution in [2.24, 2.45) is 0 Å². The molecule has 0 amide bonds. The number of rotatable bonds is 7. The Morgan fingerprint density at radius 3 is 1.45 bits per heavy atom. The summed E-state index contributed by atoms with van der Waals surface area (Å²) in [4.78, 5) is 2.49. The van der Waals surface area contributed by atoms with Gasteiger partial charge in [0.25, 0.3) is 0 Å². The molecule has 10 aromatic carbocycles. The molecule has 11 rings (SSSR count). The Morgan fingerprint density at radius 1 is 0.293 bits per heavy atom. The lowest BCUT2D eigenvalue weighted by Crippen LogP contribution is -2.10. The van der Waals surface area contributed by atoms with Gasteiger partial charge in [-0.05, 0) is 102 Å². The summed E-state index contributed by atoms with van der Waals surface area (Å²) in [5, 5.41) is 7.53. The third kappa shape index (κ3) is 5.77. The summed E-state index contributed by atoms with van der Waals surface area (Å²) in [6.07, 6.45) is 0. The molecule has 0 bridgehead atoms. The van der Waals surface area contributed by atoms with Crippen LogP contribution in [0.2, 0.25) is 0 Å². The first kappa shape index (κ1) is 34.0. The second-order valence-corrected chi connectivity index (χ2v) is 15.9. The molecule has 272 valence electrons. The third-order valence-electron chi connectivity index (χ3n) is 11.4. The lowest BCUT2D eigenvalue weighted by atomic mass is 9.85. The fourth-order valence-electron chi connectivity index (χ4n) is 8.86. The number of benzene rings is 10. The molecule has 0 fully saturated rings. The van der Waals surface area contributed by atoms with Crippen LogP contribution in [0.4, 0.5) is 17.1 Å². The van der Waals surface area contributed by atoms with Crippen LogP contribution in [0.1, 0.15) is 0 Å². The zero-order valence-corrected chi connectivity index (χ0v) is 32.5. The highest BCUT2D eigenvalue weighted by Crippen LogP contribution is 2.50. The van der Waals surface area contributed by atoms with Gasteiger partial charge in [0.05, 0.1) is 10.4 Å². The Bertz CT molecular complexity index is 3260. The Morgan fingerprint density at radius 2 is 0.776 bits per heavy atom. The highest BCUT2D eigenvalue weighted by atomic mass is 32.1. The lowest BCUT2D eigenvalue weighted by Gasteiger charge is -2.28. The quantitative estimate of drug-likeness (QED) is 0.146. The van der Waals surface area contributed by atoms with Gasteiger partial charge in [-0.1, -0.05) is 188 Å². The molecule has 0 radical (unpaired) electrons. The standard InChI is InChI=1S/C56H37NS/c1-5-18-38(19-6-1)44-34-32-42(36-50(44)39-20-7-2-8-21-39)57(52-30-17-29-49-47-27-15-16-31-53(47)58-56(49)52)43-33-35-46-45-26-13-14-28-48(45)54(40-22-9-3-10-23-40)55(51(46)37-43)41-24-11-4-12-25-41/h1-37H. The van der Waals surface area contributed by atoms with E-state index in [1.165, 1.54) is 86.2 Å². The fraction of sp³-hybridized carbons (Fsp3) is 0. The Hall–Kier alpha value is -7.26. The summed E-state index contributed by atoms with van der Waals surface area (Å²) in [6, 6.07) is 82.0. The average Bonchev–Trinajstić information content (AvgIpc) is 3.69. The first-order chi connectivity index (χ1) is 28.8. The smallest absolute Gasteiger partial charge is 0.0640 e. The first-order valence-electron chi connectivity index (χ1n) is 19.8. The van der Waals surface area contributed by atoms with E-state index in [4.69, 9.17) is 0 Å². The Balaban J connectivity index is 1.24. The summed E-state index contributed by atoms with van der Waals surface area (Å²) in [7, 11) is 0. The fourth-order valence-corrected chi connectivity index (χ4v) is 10.1. The molecule has 0 aliphatic rings. The van der Waals surface area contributed by atoms with Crippen LogP contribution in [0.15, 0.2) is 224 Å². The molecule has 0 N–H and O–H groups in total. The van der Waals surface area contributed by atoms with E-state index in [2.05, 4.69) is 229 Å². The minimum atomic E-state index is 1.10. The Kier molecular flexibility index (Phi) is 8.42. The summed E-state index contributed by atoms with van der Waals surface area (Å²) >= 11 is 1.87. The number of hydrogen-bond donors (Lipinski definition) is 0. The van der Waals surface area contributed by atoms with Gasteiger partial charge in [0.2, 0.25) is 0 Å². The van der Waals surface area contributed by atoms with Gasteiger partial charge in [0, 0.05) is 26.8 Å². The van der Waals surface area contributed by atoms with Crippen molar-refractivity contribution in [1.29, 1.82) is 0 Å². The molecule has 0 aliphatic heterocycles. The number of hydrogen-bond acceptors (Lipinski definition) is 2. The largest absolute Gasteiger partial charge is 0.309 e. The highest BCUT2D eigenvalue weighted by Gasteiger charge is 2.23. The van der Waals surface area contributed by atoms with E-state index in [1.807, 2.05) is 11.3 Å². The molecule has 1 heterocycles. The minimum Gasteiger partial charge on any atom is -0.309 e. The maximum absolute atomic E-state index is 2.49. The van der Waals surface area contributed by atoms with Crippen molar-refractivity contribution in [3.63, 3.8) is 0 Å². The molecule has 0 aliphatic carbocycles. The lowest BCUT2D eigenvalue weighted by molar-refractivity contribution is 1.31. The van der Waals surface area contributed by atoms with Crippen molar-refractivity contribution < 1.29 is 0 Å².